The van der Waals surface area contributed by atoms with Gasteiger partial charge < -0.3 is 0 Å². The van der Waals surface area contributed by atoms with E-state index in [1.807, 2.05) is 0 Å². The van der Waals surface area contributed by atoms with Gasteiger partial charge in [-0.3, -0.25) is 0 Å². The molecule has 72 valence electrons. The molecule has 0 spiro atoms. The van der Waals surface area contributed by atoms with Crippen LogP contribution in [0.2, 0.25) is 0 Å². The van der Waals surface area contributed by atoms with Crippen molar-refractivity contribution in [3.05, 3.63) is 35.9 Å². The molecule has 0 N–H and O–H groups in total. The second kappa shape index (κ2) is 5.36. The second-order valence-corrected chi connectivity index (χ2v) is 5.19. The van der Waals surface area contributed by atoms with Gasteiger partial charge in [-0.25, -0.2) is 0 Å². The Balaban J connectivity index is 0.000000980. The molecule has 0 nitrogen and oxygen atoms in total. The summed E-state index contributed by atoms with van der Waals surface area (Å²) in [6, 6.07) is 10.9. The van der Waals surface area contributed by atoms with Gasteiger partial charge in [0.25, 0.3) is 0 Å². The van der Waals surface area contributed by atoms with Crippen LogP contribution >= 0.6 is 9.24 Å². The van der Waals surface area contributed by atoms with Crippen LogP contribution in [0, 0.1) is 0 Å². The van der Waals surface area contributed by atoms with Crippen LogP contribution in [0.1, 0.15) is 37.7 Å². The fourth-order valence-electron chi connectivity index (χ4n) is 2.24. The van der Waals surface area contributed by atoms with Gasteiger partial charge >= 0.3 is 18.9 Å². The number of rotatable bonds is 1. The summed E-state index contributed by atoms with van der Waals surface area (Å²) in [6.07, 6.45) is 6.86. The van der Waals surface area contributed by atoms with E-state index in [0.29, 0.717) is 5.16 Å². The average molecular weight is 200 g/mol. The molecule has 1 fully saturated rings. The minimum atomic E-state index is 0. The third-order valence-corrected chi connectivity index (χ3v) is 4.01. The zero-order valence-corrected chi connectivity index (χ0v) is 9.15. The summed E-state index contributed by atoms with van der Waals surface area (Å²) in [5.41, 5.74) is 1.50. The second-order valence-electron chi connectivity index (χ2n) is 4.08. The van der Waals surface area contributed by atoms with Gasteiger partial charge in [-0.15, -0.1) is 9.24 Å². The van der Waals surface area contributed by atoms with Crippen molar-refractivity contribution >= 4 is 28.1 Å². The summed E-state index contributed by atoms with van der Waals surface area (Å²) >= 11 is 0. The first-order valence-corrected chi connectivity index (χ1v) is 5.73. The molecule has 14 heavy (non-hydrogen) atoms. The van der Waals surface area contributed by atoms with E-state index in [-0.39, 0.29) is 18.9 Å². The van der Waals surface area contributed by atoms with Gasteiger partial charge in [0, 0.05) is 5.16 Å². The van der Waals surface area contributed by atoms with E-state index >= 15 is 0 Å². The topological polar surface area (TPSA) is 0 Å². The van der Waals surface area contributed by atoms with Crippen molar-refractivity contribution in [2.24, 2.45) is 0 Å². The van der Waals surface area contributed by atoms with E-state index in [1.54, 1.807) is 0 Å². The third kappa shape index (κ3) is 2.64. The SMILES string of the molecule is PC1(c2ccccc2)CCCCC1.[LiH]. The van der Waals surface area contributed by atoms with Gasteiger partial charge in [-0.1, -0.05) is 49.6 Å². The molecule has 1 unspecified atom stereocenters. The molecule has 1 aliphatic carbocycles. The molecule has 0 aliphatic heterocycles. The van der Waals surface area contributed by atoms with Gasteiger partial charge in [-0.05, 0) is 18.4 Å². The van der Waals surface area contributed by atoms with Crippen LogP contribution in [-0.2, 0) is 5.16 Å². The fourth-order valence-corrected chi connectivity index (χ4v) is 2.84. The molecule has 0 radical (unpaired) electrons. The van der Waals surface area contributed by atoms with Crippen molar-refractivity contribution in [1.29, 1.82) is 0 Å². The first kappa shape index (κ1) is 12.3. The van der Waals surface area contributed by atoms with Crippen LogP contribution in [0.5, 0.6) is 0 Å². The Hall–Kier alpha value is 0.247. The van der Waals surface area contributed by atoms with Crippen LogP contribution in [0.15, 0.2) is 30.3 Å². The molecule has 1 aliphatic rings. The molecule has 0 aromatic heterocycles. The van der Waals surface area contributed by atoms with Gasteiger partial charge in [0.05, 0.1) is 0 Å². The molecular formula is C12H18LiP. The molecule has 0 bridgehead atoms. The zero-order chi connectivity index (χ0) is 9.15. The normalized spacial score (nSPS) is 19.8. The molecule has 0 amide bonds. The fraction of sp³-hybridized carbons (Fsp3) is 0.500. The number of hydrogen-bond donors (Lipinski definition) is 0. The minimum absolute atomic E-state index is 0. The molecule has 2 rings (SSSR count). The van der Waals surface area contributed by atoms with Crippen LogP contribution < -0.4 is 0 Å². The first-order valence-electron chi connectivity index (χ1n) is 5.16. The summed E-state index contributed by atoms with van der Waals surface area (Å²) in [7, 11) is 3.08. The summed E-state index contributed by atoms with van der Waals surface area (Å²) in [5.74, 6) is 0. The maximum atomic E-state index is 3.08. The van der Waals surface area contributed by atoms with Crippen LogP contribution in [0.25, 0.3) is 0 Å². The van der Waals surface area contributed by atoms with Gasteiger partial charge in [0.15, 0.2) is 0 Å². The van der Waals surface area contributed by atoms with Crippen molar-refractivity contribution in [2.45, 2.75) is 37.3 Å². The Morgan fingerprint density at radius 1 is 0.929 bits per heavy atom. The summed E-state index contributed by atoms with van der Waals surface area (Å²) < 4.78 is 0. The quantitative estimate of drug-likeness (QED) is 0.482. The molecule has 1 aromatic rings. The Bertz CT molecular complexity index is 265. The van der Waals surface area contributed by atoms with E-state index in [9.17, 15) is 0 Å². The molecule has 1 atom stereocenters. The molecule has 1 aromatic carbocycles. The van der Waals surface area contributed by atoms with E-state index in [4.69, 9.17) is 0 Å². The van der Waals surface area contributed by atoms with Crippen molar-refractivity contribution < 1.29 is 0 Å². The summed E-state index contributed by atoms with van der Waals surface area (Å²) in [6.45, 7) is 0. The summed E-state index contributed by atoms with van der Waals surface area (Å²) in [4.78, 5) is 0. The monoisotopic (exact) mass is 200 g/mol. The Morgan fingerprint density at radius 2 is 1.50 bits per heavy atom. The Labute approximate surface area is 101 Å². The van der Waals surface area contributed by atoms with E-state index < -0.39 is 0 Å². The molecule has 2 heteroatoms. The third-order valence-electron chi connectivity index (χ3n) is 3.09. The molecule has 1 saturated carbocycles. The first-order chi connectivity index (χ1) is 6.31. The zero-order valence-electron chi connectivity index (χ0n) is 8.00. The van der Waals surface area contributed by atoms with E-state index in [2.05, 4.69) is 39.6 Å². The molecule has 0 saturated heterocycles. The van der Waals surface area contributed by atoms with Gasteiger partial charge in [0.1, 0.15) is 0 Å². The van der Waals surface area contributed by atoms with Gasteiger partial charge in [0.2, 0.25) is 0 Å². The Morgan fingerprint density at radius 3 is 2.07 bits per heavy atom. The molecule has 0 heterocycles. The predicted octanol–water partition coefficient (Wildman–Crippen LogP) is 3.07. The maximum absolute atomic E-state index is 3.08. The number of hydrogen-bond acceptors (Lipinski definition) is 0. The van der Waals surface area contributed by atoms with Crippen molar-refractivity contribution in [3.63, 3.8) is 0 Å². The van der Waals surface area contributed by atoms with Crippen LogP contribution in [0.3, 0.4) is 0 Å². The van der Waals surface area contributed by atoms with Gasteiger partial charge in [-0.2, -0.15) is 0 Å². The summed E-state index contributed by atoms with van der Waals surface area (Å²) in [5, 5.41) is 0.388. The Kier molecular flexibility index (Phi) is 4.72. The van der Waals surface area contributed by atoms with E-state index in [0.717, 1.165) is 0 Å². The predicted molar refractivity (Wildman–Crippen MR) is 68.1 cm³/mol. The number of benzene rings is 1. The van der Waals surface area contributed by atoms with Crippen LogP contribution in [0.4, 0.5) is 0 Å². The molecular weight excluding hydrogens is 182 g/mol. The average Bonchev–Trinajstić information content (AvgIpc) is 2.20. The van der Waals surface area contributed by atoms with Crippen molar-refractivity contribution in [3.8, 4) is 0 Å². The van der Waals surface area contributed by atoms with E-state index in [1.165, 1.54) is 37.7 Å². The van der Waals surface area contributed by atoms with Crippen molar-refractivity contribution in [2.75, 3.05) is 0 Å². The standard InChI is InChI=1S/C12H17P.Li.H/c13-12(9-5-2-6-10-12)11-7-3-1-4-8-11;;/h1,3-4,7-8H,2,5-6,9-10,13H2;;. The van der Waals surface area contributed by atoms with Crippen LogP contribution in [-0.4, -0.2) is 18.9 Å². The van der Waals surface area contributed by atoms with Crippen molar-refractivity contribution in [1.82, 2.24) is 0 Å².